The van der Waals surface area contributed by atoms with Crippen LogP contribution in [0.5, 0.6) is 0 Å². The molecule has 0 radical (unpaired) electrons. The van der Waals surface area contributed by atoms with Gasteiger partial charge < -0.3 is 10.3 Å². The average molecular weight is 337 g/mol. The number of imidazole rings is 1. The minimum atomic E-state index is 0.162. The highest BCUT2D eigenvalue weighted by molar-refractivity contribution is 5.75. The van der Waals surface area contributed by atoms with Crippen LogP contribution in [-0.4, -0.2) is 19.7 Å². The van der Waals surface area contributed by atoms with E-state index in [0.717, 1.165) is 35.6 Å². The molecule has 3 aromatic rings. The predicted octanol–water partition coefficient (Wildman–Crippen LogP) is 4.05. The molecule has 0 aliphatic carbocycles. The number of rotatable bonds is 7. The van der Waals surface area contributed by atoms with E-state index in [9.17, 15) is 0 Å². The summed E-state index contributed by atoms with van der Waals surface area (Å²) < 4.78 is 1.92. The van der Waals surface area contributed by atoms with Gasteiger partial charge in [-0.15, -0.1) is 6.58 Å². The summed E-state index contributed by atoms with van der Waals surface area (Å²) >= 11 is 0. The number of hydrogen-bond acceptors (Lipinski definition) is 3. The van der Waals surface area contributed by atoms with Crippen molar-refractivity contribution in [2.45, 2.75) is 46.8 Å². The molecule has 0 aliphatic rings. The Balaban J connectivity index is 1.80. The van der Waals surface area contributed by atoms with Crippen molar-refractivity contribution in [3.63, 3.8) is 0 Å². The summed E-state index contributed by atoms with van der Waals surface area (Å²) in [6, 6.07) is 6.48. The molecule has 132 valence electrons. The molecule has 1 aromatic carbocycles. The Morgan fingerprint density at radius 3 is 2.84 bits per heavy atom. The van der Waals surface area contributed by atoms with E-state index in [1.807, 2.05) is 17.7 Å². The van der Waals surface area contributed by atoms with Gasteiger partial charge in [-0.3, -0.25) is 4.68 Å². The summed E-state index contributed by atoms with van der Waals surface area (Å²) in [4.78, 5) is 8.28. The first-order chi connectivity index (χ1) is 12.0. The lowest BCUT2D eigenvalue weighted by Gasteiger charge is -2.20. The van der Waals surface area contributed by atoms with Crippen molar-refractivity contribution in [1.29, 1.82) is 0 Å². The molecule has 0 saturated heterocycles. The van der Waals surface area contributed by atoms with Gasteiger partial charge in [-0.05, 0) is 37.5 Å². The molecule has 2 heterocycles. The second-order valence-electron chi connectivity index (χ2n) is 7.00. The third-order valence-corrected chi connectivity index (χ3v) is 4.49. The van der Waals surface area contributed by atoms with Gasteiger partial charge in [0.1, 0.15) is 5.82 Å². The lowest BCUT2D eigenvalue weighted by atomic mass is 10.0. The average Bonchev–Trinajstić information content (AvgIpc) is 3.11. The highest BCUT2D eigenvalue weighted by atomic mass is 15.3. The van der Waals surface area contributed by atoms with Gasteiger partial charge in [0.25, 0.3) is 0 Å². The monoisotopic (exact) mass is 337 g/mol. The van der Waals surface area contributed by atoms with E-state index in [1.54, 1.807) is 0 Å². The van der Waals surface area contributed by atoms with E-state index >= 15 is 0 Å². The third-order valence-electron chi connectivity index (χ3n) is 4.49. The second kappa shape index (κ2) is 7.23. The van der Waals surface area contributed by atoms with Crippen molar-refractivity contribution < 1.29 is 0 Å². The van der Waals surface area contributed by atoms with E-state index in [2.05, 4.69) is 67.1 Å². The standard InChI is InChI=1S/C20H27N5/c1-6-9-25-12-16(15(5)24-25)11-21-19(13(2)3)20-22-17-8-7-14(4)10-18(17)23-20/h6-8,10,12-13,19,21H,1,9,11H2,2-5H3,(H,22,23)/t19-/m1/s1. The molecule has 0 unspecified atom stereocenters. The Hall–Kier alpha value is -2.40. The van der Waals surface area contributed by atoms with Crippen molar-refractivity contribution in [3.05, 3.63) is 59.7 Å². The molecule has 25 heavy (non-hydrogen) atoms. The molecule has 0 aliphatic heterocycles. The number of hydrogen-bond donors (Lipinski definition) is 2. The molecule has 0 fully saturated rings. The third kappa shape index (κ3) is 3.82. The van der Waals surface area contributed by atoms with Gasteiger partial charge in [-0.1, -0.05) is 26.0 Å². The summed E-state index contributed by atoms with van der Waals surface area (Å²) in [5, 5.41) is 8.17. The fourth-order valence-electron chi connectivity index (χ4n) is 3.12. The van der Waals surface area contributed by atoms with Crippen LogP contribution < -0.4 is 5.32 Å². The van der Waals surface area contributed by atoms with Crippen LogP contribution in [0, 0.1) is 19.8 Å². The first-order valence-corrected chi connectivity index (χ1v) is 8.81. The SMILES string of the molecule is C=CCn1cc(CN[C@@H](c2nc3ccc(C)cc3[nH]2)C(C)C)c(C)n1. The van der Waals surface area contributed by atoms with Crippen molar-refractivity contribution >= 4 is 11.0 Å². The largest absolute Gasteiger partial charge is 0.341 e. The van der Waals surface area contributed by atoms with Gasteiger partial charge in [0.05, 0.1) is 29.3 Å². The number of fused-ring (bicyclic) bond motifs is 1. The van der Waals surface area contributed by atoms with E-state index in [0.29, 0.717) is 5.92 Å². The quantitative estimate of drug-likeness (QED) is 0.640. The molecule has 5 heteroatoms. The van der Waals surface area contributed by atoms with Crippen LogP contribution >= 0.6 is 0 Å². The summed E-state index contributed by atoms with van der Waals surface area (Å²) in [6.45, 7) is 13.8. The minimum Gasteiger partial charge on any atom is -0.341 e. The zero-order valence-electron chi connectivity index (χ0n) is 15.5. The topological polar surface area (TPSA) is 58.5 Å². The van der Waals surface area contributed by atoms with Crippen LogP contribution in [0.25, 0.3) is 11.0 Å². The molecule has 5 nitrogen and oxygen atoms in total. The van der Waals surface area contributed by atoms with Gasteiger partial charge in [0.15, 0.2) is 0 Å². The van der Waals surface area contributed by atoms with E-state index in [4.69, 9.17) is 4.98 Å². The Morgan fingerprint density at radius 1 is 1.32 bits per heavy atom. The zero-order chi connectivity index (χ0) is 18.0. The molecular weight excluding hydrogens is 310 g/mol. The van der Waals surface area contributed by atoms with Crippen LogP contribution in [0.1, 0.15) is 42.5 Å². The minimum absolute atomic E-state index is 0.162. The van der Waals surface area contributed by atoms with E-state index in [1.165, 1.54) is 11.1 Å². The molecule has 2 aromatic heterocycles. The number of nitrogens with zero attached hydrogens (tertiary/aromatic N) is 3. The smallest absolute Gasteiger partial charge is 0.124 e. The summed E-state index contributed by atoms with van der Waals surface area (Å²) in [5.74, 6) is 1.41. The van der Waals surface area contributed by atoms with Gasteiger partial charge in [-0.25, -0.2) is 4.98 Å². The summed E-state index contributed by atoms with van der Waals surface area (Å²) in [6.07, 6.45) is 3.94. The van der Waals surface area contributed by atoms with E-state index in [-0.39, 0.29) is 6.04 Å². The highest BCUT2D eigenvalue weighted by Gasteiger charge is 2.20. The maximum Gasteiger partial charge on any atom is 0.124 e. The van der Waals surface area contributed by atoms with Gasteiger partial charge >= 0.3 is 0 Å². The van der Waals surface area contributed by atoms with Crippen molar-refractivity contribution in [3.8, 4) is 0 Å². The summed E-state index contributed by atoms with van der Waals surface area (Å²) in [7, 11) is 0. The fourth-order valence-corrected chi connectivity index (χ4v) is 3.12. The number of aromatic amines is 1. The lowest BCUT2D eigenvalue weighted by molar-refractivity contribution is 0.395. The summed E-state index contributed by atoms with van der Waals surface area (Å²) in [5.41, 5.74) is 5.61. The first-order valence-electron chi connectivity index (χ1n) is 8.81. The zero-order valence-corrected chi connectivity index (χ0v) is 15.5. The number of H-pyrrole nitrogens is 1. The lowest BCUT2D eigenvalue weighted by Crippen LogP contribution is -2.26. The molecule has 0 saturated carbocycles. The van der Waals surface area contributed by atoms with Crippen LogP contribution in [0.4, 0.5) is 0 Å². The van der Waals surface area contributed by atoms with E-state index < -0.39 is 0 Å². The van der Waals surface area contributed by atoms with Crippen molar-refractivity contribution in [2.75, 3.05) is 0 Å². The van der Waals surface area contributed by atoms with Gasteiger partial charge in [0.2, 0.25) is 0 Å². The number of aromatic nitrogens is 4. The Morgan fingerprint density at radius 2 is 2.12 bits per heavy atom. The van der Waals surface area contributed by atoms with Gasteiger partial charge in [-0.2, -0.15) is 5.10 Å². The first kappa shape index (κ1) is 17.4. The molecule has 1 atom stereocenters. The molecule has 3 rings (SSSR count). The van der Waals surface area contributed by atoms with Crippen LogP contribution in [0.15, 0.2) is 37.1 Å². The Kier molecular flexibility index (Phi) is 5.04. The number of benzene rings is 1. The molecule has 2 N–H and O–H groups in total. The van der Waals surface area contributed by atoms with Crippen molar-refractivity contribution in [2.24, 2.45) is 5.92 Å². The Labute approximate surface area is 149 Å². The van der Waals surface area contributed by atoms with Gasteiger partial charge in [0, 0.05) is 18.3 Å². The highest BCUT2D eigenvalue weighted by Crippen LogP contribution is 2.23. The normalized spacial score (nSPS) is 12.8. The van der Waals surface area contributed by atoms with Crippen molar-refractivity contribution in [1.82, 2.24) is 25.1 Å². The second-order valence-corrected chi connectivity index (χ2v) is 7.00. The number of allylic oxidation sites excluding steroid dienone is 1. The predicted molar refractivity (Wildman–Crippen MR) is 102 cm³/mol. The number of aryl methyl sites for hydroxylation is 2. The van der Waals surface area contributed by atoms with Crippen LogP contribution in [-0.2, 0) is 13.1 Å². The molecule has 0 bridgehead atoms. The fraction of sp³-hybridized carbons (Fsp3) is 0.400. The van der Waals surface area contributed by atoms with Crippen LogP contribution in [0.2, 0.25) is 0 Å². The maximum atomic E-state index is 4.79. The maximum absolute atomic E-state index is 4.79. The molecule has 0 amide bonds. The molecular formula is C20H27N5. The Bertz CT molecular complexity index is 871. The van der Waals surface area contributed by atoms with Crippen LogP contribution in [0.3, 0.4) is 0 Å². The number of nitrogens with one attached hydrogen (secondary N) is 2. The molecule has 0 spiro atoms.